The summed E-state index contributed by atoms with van der Waals surface area (Å²) in [7, 11) is 2.02. The molecule has 0 aromatic heterocycles. The Hall–Kier alpha value is -1.42. The molecule has 1 saturated carbocycles. The first-order chi connectivity index (χ1) is 8.50. The average Bonchev–Trinajstić information content (AvgIpc) is 3.14. The van der Waals surface area contributed by atoms with Crippen LogP contribution in [0.5, 0.6) is 0 Å². The van der Waals surface area contributed by atoms with Crippen LogP contribution in [0.2, 0.25) is 0 Å². The number of benzene rings is 1. The lowest BCUT2D eigenvalue weighted by Crippen LogP contribution is -2.30. The molecule has 1 aromatic rings. The van der Waals surface area contributed by atoms with Gasteiger partial charge in [-0.05, 0) is 38.8 Å². The number of nitrogens with one attached hydrogen (secondary N) is 1. The number of rotatable bonds is 5. The topological polar surface area (TPSA) is 53.1 Å². The Kier molecular flexibility index (Phi) is 3.66. The van der Waals surface area contributed by atoms with Crippen molar-refractivity contribution in [3.8, 4) is 0 Å². The van der Waals surface area contributed by atoms with Crippen LogP contribution in [0.1, 0.15) is 30.9 Å². The second-order valence-corrected chi connectivity index (χ2v) is 5.19. The van der Waals surface area contributed by atoms with E-state index in [1.807, 2.05) is 7.05 Å². The summed E-state index contributed by atoms with van der Waals surface area (Å²) in [4.78, 5) is 2.17. The van der Waals surface area contributed by atoms with Crippen LogP contribution in [-0.2, 0) is 6.54 Å². The van der Waals surface area contributed by atoms with E-state index >= 15 is 0 Å². The van der Waals surface area contributed by atoms with Crippen LogP contribution in [0.25, 0.3) is 0 Å². The highest BCUT2D eigenvalue weighted by molar-refractivity contribution is 5.95. The summed E-state index contributed by atoms with van der Waals surface area (Å²) >= 11 is 0. The summed E-state index contributed by atoms with van der Waals surface area (Å²) in [6, 6.07) is 5.54. The van der Waals surface area contributed by atoms with Crippen molar-refractivity contribution in [2.75, 3.05) is 7.05 Å². The molecule has 1 atom stereocenters. The summed E-state index contributed by atoms with van der Waals surface area (Å²) < 4.78 is 14.1. The summed E-state index contributed by atoms with van der Waals surface area (Å²) in [5, 5.41) is 7.34. The first-order valence-electron chi connectivity index (χ1n) is 6.32. The van der Waals surface area contributed by atoms with Crippen LogP contribution < -0.4 is 5.73 Å². The van der Waals surface area contributed by atoms with E-state index in [9.17, 15) is 4.39 Å². The molecule has 98 valence electrons. The molecule has 1 fully saturated rings. The van der Waals surface area contributed by atoms with Crippen molar-refractivity contribution in [1.29, 1.82) is 5.41 Å². The molecule has 1 aliphatic rings. The number of nitrogens with zero attached hydrogens (tertiary/aromatic N) is 1. The summed E-state index contributed by atoms with van der Waals surface area (Å²) in [5.74, 6) is 0.182. The van der Waals surface area contributed by atoms with E-state index in [4.69, 9.17) is 11.1 Å². The minimum absolute atomic E-state index is 0.194. The zero-order valence-electron chi connectivity index (χ0n) is 10.9. The number of nitrogen functional groups attached to an aromatic ring is 1. The molecule has 0 spiro atoms. The molecule has 0 aliphatic heterocycles. The van der Waals surface area contributed by atoms with Gasteiger partial charge in [0.25, 0.3) is 0 Å². The maximum Gasteiger partial charge on any atom is 0.138 e. The Balaban J connectivity index is 2.13. The average molecular weight is 249 g/mol. The van der Waals surface area contributed by atoms with Gasteiger partial charge in [0.1, 0.15) is 11.7 Å². The molecule has 0 heterocycles. The predicted octanol–water partition coefficient (Wildman–Crippen LogP) is 2.34. The van der Waals surface area contributed by atoms with Crippen molar-refractivity contribution in [2.45, 2.75) is 32.4 Å². The van der Waals surface area contributed by atoms with Gasteiger partial charge in [0.15, 0.2) is 0 Å². The van der Waals surface area contributed by atoms with Crippen LogP contribution in [-0.4, -0.2) is 23.8 Å². The molecule has 1 aliphatic carbocycles. The summed E-state index contributed by atoms with van der Waals surface area (Å²) in [5.41, 5.74) is 6.17. The molecule has 0 radical (unpaired) electrons. The Bertz CT molecular complexity index is 454. The highest BCUT2D eigenvalue weighted by Crippen LogP contribution is 2.35. The van der Waals surface area contributed by atoms with E-state index in [0.717, 1.165) is 5.92 Å². The van der Waals surface area contributed by atoms with E-state index in [1.54, 1.807) is 18.2 Å². The monoisotopic (exact) mass is 249 g/mol. The largest absolute Gasteiger partial charge is 0.384 e. The molecule has 0 bridgehead atoms. The smallest absolute Gasteiger partial charge is 0.138 e. The van der Waals surface area contributed by atoms with E-state index in [2.05, 4.69) is 11.8 Å². The SMILES string of the molecule is CC(C1CC1)N(C)Cc1cccc(C(=N)N)c1F. The molecule has 1 unspecified atom stereocenters. The van der Waals surface area contributed by atoms with Gasteiger partial charge in [0.2, 0.25) is 0 Å². The van der Waals surface area contributed by atoms with Crippen LogP contribution >= 0.6 is 0 Å². The lowest BCUT2D eigenvalue weighted by molar-refractivity contribution is 0.224. The third-order valence-electron chi connectivity index (χ3n) is 3.79. The van der Waals surface area contributed by atoms with Gasteiger partial charge in [-0.2, -0.15) is 0 Å². The minimum atomic E-state index is -0.361. The maximum absolute atomic E-state index is 14.1. The van der Waals surface area contributed by atoms with Crippen molar-refractivity contribution in [2.24, 2.45) is 11.7 Å². The fourth-order valence-electron chi connectivity index (χ4n) is 2.26. The fourth-order valence-corrected chi connectivity index (χ4v) is 2.26. The number of nitrogens with two attached hydrogens (primary N) is 1. The zero-order valence-corrected chi connectivity index (χ0v) is 10.9. The second kappa shape index (κ2) is 5.06. The molecule has 0 saturated heterocycles. The molecule has 1 aromatic carbocycles. The van der Waals surface area contributed by atoms with Crippen molar-refractivity contribution in [1.82, 2.24) is 4.90 Å². The van der Waals surface area contributed by atoms with Gasteiger partial charge >= 0.3 is 0 Å². The Morgan fingerprint density at radius 3 is 2.78 bits per heavy atom. The van der Waals surface area contributed by atoms with Gasteiger partial charge in [-0.25, -0.2) is 4.39 Å². The summed E-state index contributed by atoms with van der Waals surface area (Å²) in [6.07, 6.45) is 2.56. The van der Waals surface area contributed by atoms with Gasteiger partial charge in [0.05, 0.1) is 5.56 Å². The second-order valence-electron chi connectivity index (χ2n) is 5.19. The normalized spacial score (nSPS) is 16.9. The van der Waals surface area contributed by atoms with Crippen LogP contribution in [0, 0.1) is 17.1 Å². The number of hydrogen-bond acceptors (Lipinski definition) is 2. The van der Waals surface area contributed by atoms with Crippen molar-refractivity contribution < 1.29 is 4.39 Å². The molecule has 2 rings (SSSR count). The first-order valence-corrected chi connectivity index (χ1v) is 6.32. The zero-order chi connectivity index (χ0) is 13.3. The van der Waals surface area contributed by atoms with Crippen LogP contribution in [0.4, 0.5) is 4.39 Å². The Morgan fingerprint density at radius 1 is 1.56 bits per heavy atom. The maximum atomic E-state index is 14.1. The van der Waals surface area contributed by atoms with E-state index < -0.39 is 0 Å². The van der Waals surface area contributed by atoms with Gasteiger partial charge in [-0.1, -0.05) is 12.1 Å². The van der Waals surface area contributed by atoms with Crippen molar-refractivity contribution in [3.05, 3.63) is 35.1 Å². The molecule has 4 heteroatoms. The predicted molar refractivity (Wildman–Crippen MR) is 71.1 cm³/mol. The third-order valence-corrected chi connectivity index (χ3v) is 3.79. The molecule has 3 N–H and O–H groups in total. The third kappa shape index (κ3) is 2.70. The van der Waals surface area contributed by atoms with Crippen molar-refractivity contribution in [3.63, 3.8) is 0 Å². The quantitative estimate of drug-likeness (QED) is 0.621. The Morgan fingerprint density at radius 2 is 2.22 bits per heavy atom. The molecule has 3 nitrogen and oxygen atoms in total. The molecule has 0 amide bonds. The lowest BCUT2D eigenvalue weighted by atomic mass is 10.1. The highest BCUT2D eigenvalue weighted by Gasteiger charge is 2.30. The number of halogens is 1. The molecular weight excluding hydrogens is 229 g/mol. The fraction of sp³-hybridized carbons (Fsp3) is 0.500. The first kappa shape index (κ1) is 13.0. The van der Waals surface area contributed by atoms with E-state index in [1.165, 1.54) is 12.8 Å². The highest BCUT2D eigenvalue weighted by atomic mass is 19.1. The minimum Gasteiger partial charge on any atom is -0.384 e. The van der Waals surface area contributed by atoms with Gasteiger partial charge in [0, 0.05) is 18.2 Å². The van der Waals surface area contributed by atoms with E-state index in [-0.39, 0.29) is 17.2 Å². The van der Waals surface area contributed by atoms with Gasteiger partial charge in [-0.3, -0.25) is 10.3 Å². The number of amidine groups is 1. The molecule has 18 heavy (non-hydrogen) atoms. The van der Waals surface area contributed by atoms with E-state index in [0.29, 0.717) is 18.2 Å². The number of hydrogen-bond donors (Lipinski definition) is 2. The lowest BCUT2D eigenvalue weighted by Gasteiger charge is -2.25. The Labute approximate surface area is 107 Å². The van der Waals surface area contributed by atoms with Gasteiger partial charge < -0.3 is 5.73 Å². The summed E-state index contributed by atoms with van der Waals surface area (Å²) in [6.45, 7) is 2.75. The van der Waals surface area contributed by atoms with Crippen LogP contribution in [0.3, 0.4) is 0 Å². The standard InChI is InChI=1S/C14H20FN3/c1-9(10-6-7-10)18(2)8-11-4-3-5-12(13(11)15)14(16)17/h3-5,9-10H,6-8H2,1-2H3,(H3,16,17). The van der Waals surface area contributed by atoms with Crippen molar-refractivity contribution >= 4 is 5.84 Å². The van der Waals surface area contributed by atoms with Crippen LogP contribution in [0.15, 0.2) is 18.2 Å². The van der Waals surface area contributed by atoms with Gasteiger partial charge in [-0.15, -0.1) is 0 Å². The molecular formula is C14H20FN3.